The van der Waals surface area contributed by atoms with Gasteiger partial charge in [-0.15, -0.1) is 0 Å². The van der Waals surface area contributed by atoms with Gasteiger partial charge in [-0.05, 0) is 23.8 Å². The Bertz CT molecular complexity index is 685. The predicted molar refractivity (Wildman–Crippen MR) is 67.4 cm³/mol. The van der Waals surface area contributed by atoms with Crippen LogP contribution in [0.15, 0.2) is 41.1 Å². The van der Waals surface area contributed by atoms with Crippen molar-refractivity contribution in [2.45, 2.75) is 6.42 Å². The second-order valence-corrected chi connectivity index (χ2v) is 4.23. The Hall–Kier alpha value is -2.63. The molecule has 0 aliphatic carbocycles. The van der Waals surface area contributed by atoms with Gasteiger partial charge in [-0.25, -0.2) is 0 Å². The molecule has 2 heterocycles. The van der Waals surface area contributed by atoms with E-state index in [1.54, 1.807) is 16.8 Å². The molecule has 1 aromatic carbocycles. The van der Waals surface area contributed by atoms with Crippen molar-refractivity contribution in [2.75, 3.05) is 0 Å². The van der Waals surface area contributed by atoms with Crippen LogP contribution in [-0.4, -0.2) is 25.0 Å². The first-order valence-corrected chi connectivity index (χ1v) is 5.81. The highest BCUT2D eigenvalue weighted by Gasteiger charge is 2.11. The smallest absolute Gasteiger partial charge is 0.231 e. The summed E-state index contributed by atoms with van der Waals surface area (Å²) in [5, 5.41) is 17.3. The van der Waals surface area contributed by atoms with E-state index in [0.717, 1.165) is 5.56 Å². The largest absolute Gasteiger partial charge is 0.508 e. The Morgan fingerprint density at radius 1 is 1.21 bits per heavy atom. The molecule has 0 amide bonds. The first-order valence-electron chi connectivity index (χ1n) is 5.81. The van der Waals surface area contributed by atoms with E-state index >= 15 is 0 Å². The molecule has 3 rings (SSSR count). The van der Waals surface area contributed by atoms with Gasteiger partial charge < -0.3 is 9.63 Å². The SMILES string of the molecule is Cn1ccc(-c2noc(Cc3ccc(O)cc3)n2)n1. The van der Waals surface area contributed by atoms with Crippen LogP contribution in [0.4, 0.5) is 0 Å². The molecule has 2 aromatic heterocycles. The molecule has 19 heavy (non-hydrogen) atoms. The lowest BCUT2D eigenvalue weighted by Gasteiger charge is -1.96. The minimum Gasteiger partial charge on any atom is -0.508 e. The van der Waals surface area contributed by atoms with E-state index in [4.69, 9.17) is 4.52 Å². The maximum absolute atomic E-state index is 9.22. The molecule has 0 spiro atoms. The molecule has 96 valence electrons. The van der Waals surface area contributed by atoms with Crippen molar-refractivity contribution in [1.82, 2.24) is 19.9 Å². The zero-order valence-corrected chi connectivity index (χ0v) is 10.3. The minimum absolute atomic E-state index is 0.239. The Morgan fingerprint density at radius 2 is 2.00 bits per heavy atom. The molecule has 6 heteroatoms. The number of aryl methyl sites for hydroxylation is 1. The fourth-order valence-corrected chi connectivity index (χ4v) is 1.75. The summed E-state index contributed by atoms with van der Waals surface area (Å²) >= 11 is 0. The predicted octanol–water partition coefficient (Wildman–Crippen LogP) is 1.77. The van der Waals surface area contributed by atoms with E-state index in [1.807, 2.05) is 31.4 Å². The Labute approximate surface area is 109 Å². The topological polar surface area (TPSA) is 77.0 Å². The van der Waals surface area contributed by atoms with Crippen LogP contribution in [0.25, 0.3) is 11.5 Å². The van der Waals surface area contributed by atoms with Crippen LogP contribution in [0, 0.1) is 0 Å². The molecule has 3 aromatic rings. The van der Waals surface area contributed by atoms with Gasteiger partial charge in [0.25, 0.3) is 0 Å². The third-order valence-electron chi connectivity index (χ3n) is 2.70. The third-order valence-corrected chi connectivity index (χ3v) is 2.70. The summed E-state index contributed by atoms with van der Waals surface area (Å²) in [5.41, 5.74) is 1.68. The van der Waals surface area contributed by atoms with Crippen LogP contribution in [0.1, 0.15) is 11.5 Å². The molecule has 0 atom stereocenters. The van der Waals surface area contributed by atoms with Gasteiger partial charge >= 0.3 is 0 Å². The van der Waals surface area contributed by atoms with Crippen LogP contribution in [0.5, 0.6) is 5.75 Å². The van der Waals surface area contributed by atoms with Crippen molar-refractivity contribution in [3.8, 4) is 17.3 Å². The van der Waals surface area contributed by atoms with E-state index in [-0.39, 0.29) is 5.75 Å². The Kier molecular flexibility index (Phi) is 2.75. The molecule has 0 aliphatic rings. The van der Waals surface area contributed by atoms with Crippen molar-refractivity contribution in [1.29, 1.82) is 0 Å². The van der Waals surface area contributed by atoms with Gasteiger partial charge in [-0.2, -0.15) is 10.1 Å². The molecule has 0 bridgehead atoms. The van der Waals surface area contributed by atoms with Gasteiger partial charge in [0, 0.05) is 13.2 Å². The molecular formula is C13H12N4O2. The van der Waals surface area contributed by atoms with Crippen LogP contribution < -0.4 is 0 Å². The number of nitrogens with zero attached hydrogens (tertiary/aromatic N) is 4. The maximum Gasteiger partial charge on any atom is 0.231 e. The molecule has 0 radical (unpaired) electrons. The highest BCUT2D eigenvalue weighted by molar-refractivity contribution is 5.46. The van der Waals surface area contributed by atoms with Gasteiger partial charge in [0.15, 0.2) is 0 Å². The number of aromatic nitrogens is 4. The van der Waals surface area contributed by atoms with Crippen LogP contribution in [-0.2, 0) is 13.5 Å². The summed E-state index contributed by atoms with van der Waals surface area (Å²) in [7, 11) is 1.83. The first-order chi connectivity index (χ1) is 9.20. The van der Waals surface area contributed by atoms with Gasteiger partial charge in [0.1, 0.15) is 11.4 Å². The number of hydrogen-bond donors (Lipinski definition) is 1. The summed E-state index contributed by atoms with van der Waals surface area (Å²) in [6.07, 6.45) is 2.35. The van der Waals surface area contributed by atoms with E-state index in [9.17, 15) is 5.11 Å². The second kappa shape index (κ2) is 4.56. The van der Waals surface area contributed by atoms with Gasteiger partial charge in [-0.3, -0.25) is 4.68 Å². The first kappa shape index (κ1) is 11.5. The highest BCUT2D eigenvalue weighted by Crippen LogP contribution is 2.16. The zero-order chi connectivity index (χ0) is 13.2. The summed E-state index contributed by atoms with van der Waals surface area (Å²) in [6, 6.07) is 8.73. The van der Waals surface area contributed by atoms with Crippen LogP contribution in [0.2, 0.25) is 0 Å². The average molecular weight is 256 g/mol. The normalized spacial score (nSPS) is 10.8. The molecular weight excluding hydrogens is 244 g/mol. The molecule has 0 saturated heterocycles. The van der Waals surface area contributed by atoms with Crippen molar-refractivity contribution >= 4 is 0 Å². The number of phenols is 1. The van der Waals surface area contributed by atoms with Crippen LogP contribution >= 0.6 is 0 Å². The summed E-state index contributed by atoms with van der Waals surface area (Å²) in [5.74, 6) is 1.24. The van der Waals surface area contributed by atoms with Gasteiger partial charge in [-0.1, -0.05) is 17.3 Å². The maximum atomic E-state index is 9.22. The highest BCUT2D eigenvalue weighted by atomic mass is 16.5. The lowest BCUT2D eigenvalue weighted by molar-refractivity contribution is 0.385. The molecule has 6 nitrogen and oxygen atoms in total. The van der Waals surface area contributed by atoms with Crippen molar-refractivity contribution < 1.29 is 9.63 Å². The molecule has 0 unspecified atom stereocenters. The Balaban J connectivity index is 1.80. The van der Waals surface area contributed by atoms with Gasteiger partial charge in [0.2, 0.25) is 11.7 Å². The fourth-order valence-electron chi connectivity index (χ4n) is 1.75. The monoisotopic (exact) mass is 256 g/mol. The molecule has 0 saturated carbocycles. The van der Waals surface area contributed by atoms with Crippen molar-refractivity contribution in [3.05, 3.63) is 48.0 Å². The van der Waals surface area contributed by atoms with Gasteiger partial charge in [0.05, 0.1) is 6.42 Å². The second-order valence-electron chi connectivity index (χ2n) is 4.23. The summed E-state index contributed by atoms with van der Waals surface area (Å²) in [4.78, 5) is 4.30. The summed E-state index contributed by atoms with van der Waals surface area (Å²) in [6.45, 7) is 0. The summed E-state index contributed by atoms with van der Waals surface area (Å²) < 4.78 is 6.88. The number of aromatic hydroxyl groups is 1. The average Bonchev–Trinajstić information content (AvgIpc) is 3.01. The molecule has 0 aliphatic heterocycles. The molecule has 1 N–H and O–H groups in total. The fraction of sp³-hybridized carbons (Fsp3) is 0.154. The van der Waals surface area contributed by atoms with E-state index in [2.05, 4.69) is 15.2 Å². The number of benzene rings is 1. The minimum atomic E-state index is 0.239. The van der Waals surface area contributed by atoms with Crippen molar-refractivity contribution in [3.63, 3.8) is 0 Å². The lowest BCUT2D eigenvalue weighted by atomic mass is 10.1. The molecule has 0 fully saturated rings. The van der Waals surface area contributed by atoms with E-state index in [1.165, 1.54) is 0 Å². The lowest BCUT2D eigenvalue weighted by Crippen LogP contribution is -1.90. The quantitative estimate of drug-likeness (QED) is 0.772. The number of rotatable bonds is 3. The standard InChI is InChI=1S/C13H12N4O2/c1-17-7-6-11(15-17)13-14-12(19-16-13)8-9-2-4-10(18)5-3-9/h2-7,18H,8H2,1H3. The third kappa shape index (κ3) is 2.47. The Morgan fingerprint density at radius 3 is 2.68 bits per heavy atom. The zero-order valence-electron chi connectivity index (χ0n) is 10.3. The van der Waals surface area contributed by atoms with E-state index < -0.39 is 0 Å². The number of hydrogen-bond acceptors (Lipinski definition) is 5. The van der Waals surface area contributed by atoms with Crippen LogP contribution in [0.3, 0.4) is 0 Å². The van der Waals surface area contributed by atoms with Crippen molar-refractivity contribution in [2.24, 2.45) is 7.05 Å². The number of phenolic OH excluding ortho intramolecular Hbond substituents is 1. The van der Waals surface area contributed by atoms with E-state index in [0.29, 0.717) is 23.8 Å².